The van der Waals surface area contributed by atoms with E-state index in [9.17, 15) is 4.79 Å². The zero-order valence-electron chi connectivity index (χ0n) is 16.4. The van der Waals surface area contributed by atoms with Crippen molar-refractivity contribution in [2.45, 2.75) is 6.54 Å². The molecule has 10 heteroatoms. The van der Waals surface area contributed by atoms with E-state index in [1.54, 1.807) is 36.2 Å². The van der Waals surface area contributed by atoms with E-state index in [0.29, 0.717) is 61.2 Å². The lowest BCUT2D eigenvalue weighted by atomic mass is 10.2. The summed E-state index contributed by atoms with van der Waals surface area (Å²) in [7, 11) is 1.72. The Morgan fingerprint density at radius 2 is 1.90 bits per heavy atom. The van der Waals surface area contributed by atoms with Crippen molar-refractivity contribution < 1.29 is 13.7 Å². The minimum atomic E-state index is -0.0943. The van der Waals surface area contributed by atoms with Crippen LogP contribution < -0.4 is 5.32 Å². The molecule has 1 N–H and O–H groups in total. The highest BCUT2D eigenvalue weighted by Gasteiger charge is 2.25. The number of benzene rings is 1. The number of rotatable bonds is 4. The Bertz CT molecular complexity index is 1010. The van der Waals surface area contributed by atoms with Gasteiger partial charge in [-0.1, -0.05) is 16.8 Å². The van der Waals surface area contributed by atoms with E-state index < -0.39 is 0 Å². The topological polar surface area (TPSA) is 100 Å². The molecule has 2 aromatic heterocycles. The van der Waals surface area contributed by atoms with Crippen molar-refractivity contribution in [2.75, 3.05) is 33.2 Å². The maximum absolute atomic E-state index is 12.4. The Morgan fingerprint density at radius 1 is 1.17 bits per heavy atom. The lowest BCUT2D eigenvalue weighted by Crippen LogP contribution is -2.53. The zero-order valence-corrected chi connectivity index (χ0v) is 17.2. The minimum Gasteiger partial charge on any atom is -0.459 e. The Hall–Kier alpha value is -3.33. The van der Waals surface area contributed by atoms with E-state index in [1.165, 1.54) is 6.26 Å². The second-order valence-electron chi connectivity index (χ2n) is 6.68. The molecule has 0 unspecified atom stereocenters. The number of piperazine rings is 1. The van der Waals surface area contributed by atoms with E-state index in [0.717, 1.165) is 5.56 Å². The molecule has 1 saturated heterocycles. The number of nitrogens with one attached hydrogen (secondary N) is 1. The Kier molecular flexibility index (Phi) is 5.99. The number of guanidine groups is 1. The first kappa shape index (κ1) is 20.0. The molecule has 3 heterocycles. The fourth-order valence-corrected chi connectivity index (χ4v) is 3.33. The minimum absolute atomic E-state index is 0.0943. The summed E-state index contributed by atoms with van der Waals surface area (Å²) in [6.45, 7) is 2.83. The number of aliphatic imine (C=N–C) groups is 1. The molecule has 0 spiro atoms. The lowest BCUT2D eigenvalue weighted by molar-refractivity contribution is 0.0657. The molecule has 156 valence electrons. The van der Waals surface area contributed by atoms with E-state index >= 15 is 0 Å². The summed E-state index contributed by atoms with van der Waals surface area (Å²) < 4.78 is 10.5. The van der Waals surface area contributed by atoms with Crippen molar-refractivity contribution in [1.29, 1.82) is 0 Å². The Labute approximate surface area is 178 Å². The van der Waals surface area contributed by atoms with Crippen molar-refractivity contribution >= 4 is 23.5 Å². The van der Waals surface area contributed by atoms with Gasteiger partial charge in [0.15, 0.2) is 11.7 Å². The molecule has 1 aromatic carbocycles. The van der Waals surface area contributed by atoms with Crippen LogP contribution in [0.2, 0.25) is 5.02 Å². The molecule has 0 atom stereocenters. The molecule has 0 aliphatic carbocycles. The van der Waals surface area contributed by atoms with Gasteiger partial charge in [0.2, 0.25) is 11.7 Å². The van der Waals surface area contributed by atoms with Gasteiger partial charge in [-0.3, -0.25) is 9.79 Å². The lowest BCUT2D eigenvalue weighted by Gasteiger charge is -2.36. The van der Waals surface area contributed by atoms with Crippen LogP contribution in [-0.4, -0.2) is 65.0 Å². The van der Waals surface area contributed by atoms with Gasteiger partial charge in [0.1, 0.15) is 0 Å². The third-order valence-corrected chi connectivity index (χ3v) is 5.03. The van der Waals surface area contributed by atoms with Crippen LogP contribution in [-0.2, 0) is 6.54 Å². The largest absolute Gasteiger partial charge is 0.459 e. The van der Waals surface area contributed by atoms with Gasteiger partial charge < -0.3 is 24.1 Å². The molecule has 9 nitrogen and oxygen atoms in total. The fraction of sp³-hybridized carbons (Fsp3) is 0.300. The molecule has 0 saturated carbocycles. The maximum atomic E-state index is 12.4. The van der Waals surface area contributed by atoms with Gasteiger partial charge in [-0.2, -0.15) is 4.98 Å². The zero-order chi connectivity index (χ0) is 20.9. The van der Waals surface area contributed by atoms with Gasteiger partial charge in [-0.25, -0.2) is 0 Å². The molecule has 1 aliphatic heterocycles. The second-order valence-corrected chi connectivity index (χ2v) is 7.11. The van der Waals surface area contributed by atoms with E-state index in [-0.39, 0.29) is 5.91 Å². The van der Waals surface area contributed by atoms with Crippen LogP contribution in [0, 0.1) is 0 Å². The summed E-state index contributed by atoms with van der Waals surface area (Å²) in [6.07, 6.45) is 1.51. The number of nitrogens with zero attached hydrogens (tertiary/aromatic N) is 5. The van der Waals surface area contributed by atoms with E-state index in [1.807, 2.05) is 12.1 Å². The predicted octanol–water partition coefficient (Wildman–Crippen LogP) is 2.52. The van der Waals surface area contributed by atoms with Crippen molar-refractivity contribution in [3.8, 4) is 11.4 Å². The number of hydrogen-bond donors (Lipinski definition) is 1. The monoisotopic (exact) mass is 428 g/mol. The van der Waals surface area contributed by atoms with Crippen LogP contribution in [0.15, 0.2) is 56.6 Å². The molecule has 1 fully saturated rings. The molecular weight excluding hydrogens is 408 g/mol. The summed E-state index contributed by atoms with van der Waals surface area (Å²) in [5.74, 6) is 1.93. The van der Waals surface area contributed by atoms with Crippen molar-refractivity contribution in [2.24, 2.45) is 4.99 Å². The maximum Gasteiger partial charge on any atom is 0.289 e. The molecule has 0 bridgehead atoms. The molecule has 4 rings (SSSR count). The third-order valence-electron chi connectivity index (χ3n) is 4.78. The normalized spacial score (nSPS) is 14.8. The number of hydrogen-bond acceptors (Lipinski definition) is 6. The average Bonchev–Trinajstić information content (AvgIpc) is 3.47. The van der Waals surface area contributed by atoms with Gasteiger partial charge in [0.05, 0.1) is 12.8 Å². The highest BCUT2D eigenvalue weighted by molar-refractivity contribution is 6.30. The van der Waals surface area contributed by atoms with Crippen LogP contribution in [0.5, 0.6) is 0 Å². The Morgan fingerprint density at radius 3 is 2.57 bits per heavy atom. The molecule has 1 amide bonds. The van der Waals surface area contributed by atoms with Crippen LogP contribution in [0.3, 0.4) is 0 Å². The van der Waals surface area contributed by atoms with Gasteiger partial charge in [-0.05, 0) is 36.4 Å². The summed E-state index contributed by atoms with van der Waals surface area (Å²) in [6, 6.07) is 10.6. The van der Waals surface area contributed by atoms with Crippen LogP contribution in [0.25, 0.3) is 11.4 Å². The molecule has 0 radical (unpaired) electrons. The van der Waals surface area contributed by atoms with Gasteiger partial charge in [-0.15, -0.1) is 0 Å². The quantitative estimate of drug-likeness (QED) is 0.503. The summed E-state index contributed by atoms with van der Waals surface area (Å²) in [5, 5.41) is 7.90. The number of carbonyl (C=O) groups excluding carboxylic acids is 1. The Balaban J connectivity index is 1.30. The van der Waals surface area contributed by atoms with E-state index in [4.69, 9.17) is 20.5 Å². The number of carbonyl (C=O) groups is 1. The fourth-order valence-electron chi connectivity index (χ4n) is 3.21. The molecular formula is C20H21ClN6O3. The van der Waals surface area contributed by atoms with Crippen LogP contribution >= 0.6 is 11.6 Å². The smallest absolute Gasteiger partial charge is 0.289 e. The third kappa shape index (κ3) is 4.46. The van der Waals surface area contributed by atoms with Gasteiger partial charge >= 0.3 is 0 Å². The van der Waals surface area contributed by atoms with Gasteiger partial charge in [0.25, 0.3) is 5.91 Å². The number of amides is 1. The number of furan rings is 1. The molecule has 30 heavy (non-hydrogen) atoms. The predicted molar refractivity (Wildman–Crippen MR) is 111 cm³/mol. The summed E-state index contributed by atoms with van der Waals surface area (Å²) in [4.78, 5) is 25.0. The van der Waals surface area contributed by atoms with Crippen molar-refractivity contribution in [1.82, 2.24) is 25.3 Å². The first-order valence-corrected chi connectivity index (χ1v) is 9.89. The van der Waals surface area contributed by atoms with E-state index in [2.05, 4.69) is 25.3 Å². The van der Waals surface area contributed by atoms with Gasteiger partial charge in [0, 0.05) is 43.8 Å². The highest BCUT2D eigenvalue weighted by atomic mass is 35.5. The average molecular weight is 429 g/mol. The molecule has 3 aromatic rings. The highest BCUT2D eigenvalue weighted by Crippen LogP contribution is 2.18. The summed E-state index contributed by atoms with van der Waals surface area (Å²) >= 11 is 5.91. The standard InChI is InChI=1S/C20H21ClN6O3/c1-22-20(27-10-8-26(9-11-27)19(28)16-3-2-12-29-16)23-13-17-24-18(25-30-17)14-4-6-15(21)7-5-14/h2-7,12H,8-11,13H2,1H3,(H,22,23). The van der Waals surface area contributed by atoms with Crippen LogP contribution in [0.4, 0.5) is 0 Å². The van der Waals surface area contributed by atoms with Crippen molar-refractivity contribution in [3.63, 3.8) is 0 Å². The molecule has 1 aliphatic rings. The summed E-state index contributed by atoms with van der Waals surface area (Å²) in [5.41, 5.74) is 0.830. The number of halogens is 1. The SMILES string of the molecule is CN=C(NCc1nc(-c2ccc(Cl)cc2)no1)N1CCN(C(=O)c2ccco2)CC1. The second kappa shape index (κ2) is 9.00. The van der Waals surface area contributed by atoms with Crippen LogP contribution in [0.1, 0.15) is 16.4 Å². The first-order valence-electron chi connectivity index (χ1n) is 9.51. The van der Waals surface area contributed by atoms with Crippen molar-refractivity contribution in [3.05, 3.63) is 59.3 Å². The number of aromatic nitrogens is 2. The first-order chi connectivity index (χ1) is 14.6.